The van der Waals surface area contributed by atoms with Crippen molar-refractivity contribution < 1.29 is 9.53 Å². The molecule has 0 saturated heterocycles. The molecule has 1 aromatic carbocycles. The van der Waals surface area contributed by atoms with Crippen molar-refractivity contribution in [2.45, 2.75) is 38.6 Å². The number of hydrogen-bond donors (Lipinski definition) is 2. The Labute approximate surface area is 141 Å². The summed E-state index contributed by atoms with van der Waals surface area (Å²) in [5.41, 5.74) is 1.27. The van der Waals surface area contributed by atoms with Crippen LogP contribution in [0.4, 0.5) is 11.5 Å². The summed E-state index contributed by atoms with van der Waals surface area (Å²) in [6, 6.07) is 9.48. The van der Waals surface area contributed by atoms with Crippen LogP contribution < -0.4 is 15.4 Å². The van der Waals surface area contributed by atoms with Crippen LogP contribution in [0, 0.1) is 6.92 Å². The van der Waals surface area contributed by atoms with Crippen molar-refractivity contribution in [3.63, 3.8) is 0 Å². The van der Waals surface area contributed by atoms with Crippen LogP contribution in [0.15, 0.2) is 30.3 Å². The maximum Gasteiger partial charge on any atom is 0.270 e. The smallest absolute Gasteiger partial charge is 0.270 e. The topological polar surface area (TPSA) is 76.1 Å². The molecule has 1 aliphatic carbocycles. The molecule has 6 nitrogen and oxygen atoms in total. The van der Waals surface area contributed by atoms with Crippen molar-refractivity contribution in [3.05, 3.63) is 41.9 Å². The second-order valence-corrected chi connectivity index (χ2v) is 5.99. The SMILES string of the molecule is COc1ccc(Nc2cc(C(=O)NC3CCCC3)nc(C)n2)cc1. The average Bonchev–Trinajstić information content (AvgIpc) is 3.08. The number of hydrogen-bond acceptors (Lipinski definition) is 5. The average molecular weight is 326 g/mol. The number of rotatable bonds is 5. The molecule has 0 unspecified atom stereocenters. The van der Waals surface area contributed by atoms with Gasteiger partial charge < -0.3 is 15.4 Å². The van der Waals surface area contributed by atoms with Crippen LogP contribution in [0.25, 0.3) is 0 Å². The Morgan fingerprint density at radius 2 is 1.88 bits per heavy atom. The first kappa shape index (κ1) is 16.2. The van der Waals surface area contributed by atoms with Gasteiger partial charge in [-0.3, -0.25) is 4.79 Å². The van der Waals surface area contributed by atoms with Gasteiger partial charge in [0.1, 0.15) is 23.1 Å². The van der Waals surface area contributed by atoms with E-state index in [2.05, 4.69) is 20.6 Å². The van der Waals surface area contributed by atoms with E-state index in [0.29, 0.717) is 17.3 Å². The molecule has 1 heterocycles. The van der Waals surface area contributed by atoms with Crippen molar-refractivity contribution in [1.82, 2.24) is 15.3 Å². The van der Waals surface area contributed by atoms with E-state index < -0.39 is 0 Å². The predicted molar refractivity (Wildman–Crippen MR) is 92.8 cm³/mol. The Balaban J connectivity index is 1.73. The minimum Gasteiger partial charge on any atom is -0.497 e. The highest BCUT2D eigenvalue weighted by Crippen LogP contribution is 2.20. The summed E-state index contributed by atoms with van der Waals surface area (Å²) in [5.74, 6) is 1.82. The van der Waals surface area contributed by atoms with Crippen molar-refractivity contribution >= 4 is 17.4 Å². The monoisotopic (exact) mass is 326 g/mol. The molecule has 126 valence electrons. The summed E-state index contributed by atoms with van der Waals surface area (Å²) in [6.45, 7) is 1.78. The molecule has 3 rings (SSSR count). The molecule has 1 aliphatic rings. The van der Waals surface area contributed by atoms with E-state index in [0.717, 1.165) is 24.3 Å². The standard InChI is InChI=1S/C18H22N4O2/c1-12-19-16(18(23)22-13-5-3-4-6-13)11-17(20-12)21-14-7-9-15(24-2)10-8-14/h7-11,13H,3-6H2,1-2H3,(H,22,23)(H,19,20,21). The van der Waals surface area contributed by atoms with Crippen LogP contribution in [0.5, 0.6) is 5.75 Å². The van der Waals surface area contributed by atoms with Gasteiger partial charge in [0.05, 0.1) is 7.11 Å². The number of carbonyl (C=O) groups is 1. The minimum absolute atomic E-state index is 0.134. The summed E-state index contributed by atoms with van der Waals surface area (Å²) >= 11 is 0. The zero-order chi connectivity index (χ0) is 16.9. The van der Waals surface area contributed by atoms with Crippen LogP contribution in [-0.2, 0) is 0 Å². The Kier molecular flexibility index (Phi) is 4.93. The highest BCUT2D eigenvalue weighted by atomic mass is 16.5. The van der Waals surface area contributed by atoms with Gasteiger partial charge in [0, 0.05) is 17.8 Å². The molecular weight excluding hydrogens is 304 g/mol. The van der Waals surface area contributed by atoms with Crippen LogP contribution >= 0.6 is 0 Å². The van der Waals surface area contributed by atoms with Gasteiger partial charge in [0.15, 0.2) is 0 Å². The maximum absolute atomic E-state index is 12.4. The van der Waals surface area contributed by atoms with Gasteiger partial charge >= 0.3 is 0 Å². The molecular formula is C18H22N4O2. The number of nitrogens with one attached hydrogen (secondary N) is 2. The third-order valence-corrected chi connectivity index (χ3v) is 4.12. The van der Waals surface area contributed by atoms with E-state index in [-0.39, 0.29) is 11.9 Å². The Hall–Kier alpha value is -2.63. The molecule has 1 amide bonds. The first-order chi connectivity index (χ1) is 11.6. The molecule has 6 heteroatoms. The van der Waals surface area contributed by atoms with Crippen LogP contribution in [0.3, 0.4) is 0 Å². The highest BCUT2D eigenvalue weighted by Gasteiger charge is 2.19. The lowest BCUT2D eigenvalue weighted by atomic mass is 10.2. The summed E-state index contributed by atoms with van der Waals surface area (Å²) in [6.07, 6.45) is 4.45. The van der Waals surface area contributed by atoms with Gasteiger partial charge in [-0.15, -0.1) is 0 Å². The summed E-state index contributed by atoms with van der Waals surface area (Å²) in [7, 11) is 1.63. The van der Waals surface area contributed by atoms with Gasteiger partial charge in [0.2, 0.25) is 0 Å². The molecule has 0 radical (unpaired) electrons. The van der Waals surface area contributed by atoms with Gasteiger partial charge in [0.25, 0.3) is 5.91 Å². The molecule has 24 heavy (non-hydrogen) atoms. The number of amides is 1. The molecule has 0 aliphatic heterocycles. The fourth-order valence-electron chi connectivity index (χ4n) is 2.90. The van der Waals surface area contributed by atoms with Gasteiger partial charge in [-0.25, -0.2) is 9.97 Å². The van der Waals surface area contributed by atoms with E-state index in [1.807, 2.05) is 24.3 Å². The van der Waals surface area contributed by atoms with E-state index >= 15 is 0 Å². The number of carbonyl (C=O) groups excluding carboxylic acids is 1. The third kappa shape index (κ3) is 4.01. The maximum atomic E-state index is 12.4. The Morgan fingerprint density at radius 1 is 1.17 bits per heavy atom. The van der Waals surface area contributed by atoms with E-state index in [1.54, 1.807) is 20.1 Å². The predicted octanol–water partition coefficient (Wildman–Crippen LogP) is 3.21. The molecule has 1 saturated carbocycles. The molecule has 0 atom stereocenters. The lowest BCUT2D eigenvalue weighted by Gasteiger charge is -2.13. The zero-order valence-corrected chi connectivity index (χ0v) is 14.0. The number of methoxy groups -OCH3 is 1. The minimum atomic E-state index is -0.134. The quantitative estimate of drug-likeness (QED) is 0.882. The van der Waals surface area contributed by atoms with Gasteiger partial charge in [-0.05, 0) is 44.0 Å². The zero-order valence-electron chi connectivity index (χ0n) is 14.0. The van der Waals surface area contributed by atoms with E-state index in [4.69, 9.17) is 4.74 Å². The molecule has 2 N–H and O–H groups in total. The van der Waals surface area contributed by atoms with Gasteiger partial charge in [-0.1, -0.05) is 12.8 Å². The summed E-state index contributed by atoms with van der Waals surface area (Å²) in [5, 5.41) is 6.25. The second kappa shape index (κ2) is 7.29. The highest BCUT2D eigenvalue weighted by molar-refractivity contribution is 5.93. The fourth-order valence-corrected chi connectivity index (χ4v) is 2.90. The molecule has 1 fully saturated rings. The molecule has 0 spiro atoms. The summed E-state index contributed by atoms with van der Waals surface area (Å²) in [4.78, 5) is 21.0. The molecule has 1 aromatic heterocycles. The number of aromatic nitrogens is 2. The van der Waals surface area contributed by atoms with Crippen molar-refractivity contribution in [3.8, 4) is 5.75 Å². The van der Waals surface area contributed by atoms with Gasteiger partial charge in [-0.2, -0.15) is 0 Å². The second-order valence-electron chi connectivity index (χ2n) is 5.99. The third-order valence-electron chi connectivity index (χ3n) is 4.12. The lowest BCUT2D eigenvalue weighted by molar-refractivity contribution is 0.0932. The number of nitrogens with zero attached hydrogens (tertiary/aromatic N) is 2. The van der Waals surface area contributed by atoms with Crippen LogP contribution in [-0.4, -0.2) is 29.0 Å². The van der Waals surface area contributed by atoms with E-state index in [9.17, 15) is 4.79 Å². The number of aryl methyl sites for hydroxylation is 1. The number of ether oxygens (including phenoxy) is 1. The van der Waals surface area contributed by atoms with Crippen molar-refractivity contribution in [2.24, 2.45) is 0 Å². The van der Waals surface area contributed by atoms with E-state index in [1.165, 1.54) is 12.8 Å². The summed E-state index contributed by atoms with van der Waals surface area (Å²) < 4.78 is 5.15. The normalized spacial score (nSPS) is 14.4. The molecule has 2 aromatic rings. The molecule has 0 bridgehead atoms. The van der Waals surface area contributed by atoms with Crippen molar-refractivity contribution in [2.75, 3.05) is 12.4 Å². The Morgan fingerprint density at radius 3 is 2.54 bits per heavy atom. The largest absolute Gasteiger partial charge is 0.497 e. The Bertz CT molecular complexity index is 709. The number of benzene rings is 1. The van der Waals surface area contributed by atoms with Crippen molar-refractivity contribution in [1.29, 1.82) is 0 Å². The van der Waals surface area contributed by atoms with Crippen LogP contribution in [0.1, 0.15) is 42.0 Å². The lowest BCUT2D eigenvalue weighted by Crippen LogP contribution is -2.33. The van der Waals surface area contributed by atoms with Crippen LogP contribution in [0.2, 0.25) is 0 Å². The fraction of sp³-hybridized carbons (Fsp3) is 0.389. The number of anilines is 2. The first-order valence-electron chi connectivity index (χ1n) is 8.21. The first-order valence-corrected chi connectivity index (χ1v) is 8.21.